The number of aryl methyl sites for hydroxylation is 1. The van der Waals surface area contributed by atoms with E-state index in [4.69, 9.17) is 4.74 Å². The lowest BCUT2D eigenvalue weighted by molar-refractivity contribution is 0.160. The summed E-state index contributed by atoms with van der Waals surface area (Å²) in [7, 11) is 0. The van der Waals surface area contributed by atoms with E-state index in [1.165, 1.54) is 31.5 Å². The third-order valence-corrected chi connectivity index (χ3v) is 7.26. The first kappa shape index (κ1) is 23.3. The van der Waals surface area contributed by atoms with E-state index in [0.717, 1.165) is 45.9 Å². The predicted octanol–water partition coefficient (Wildman–Crippen LogP) is 6.19. The maximum Gasteiger partial charge on any atom is 0.119 e. The Hall–Kier alpha value is -3.44. The molecule has 1 fully saturated rings. The van der Waals surface area contributed by atoms with Gasteiger partial charge in [-0.2, -0.15) is 0 Å². The highest BCUT2D eigenvalue weighted by atomic mass is 16.5. The number of phenols is 2. The summed E-state index contributed by atoms with van der Waals surface area (Å²) in [5, 5.41) is 20.9. The Morgan fingerprint density at radius 3 is 2.29 bits per heavy atom. The van der Waals surface area contributed by atoms with Gasteiger partial charge in [-0.15, -0.1) is 0 Å². The number of hydrogen-bond donors (Lipinski definition) is 2. The fourth-order valence-corrected chi connectivity index (χ4v) is 5.12. The lowest BCUT2D eigenvalue weighted by Gasteiger charge is -2.29. The van der Waals surface area contributed by atoms with E-state index < -0.39 is 0 Å². The molecule has 1 aliphatic rings. The normalized spacial score (nSPS) is 15.0. The monoisotopic (exact) mass is 470 g/mol. The SMILES string of the molecule is Cc1c(-c2ccc(O)cc2)n(Cc2ccc(OCCN3CCC(C)CC3)cc2)c2ccc(O)cc12. The Balaban J connectivity index is 1.34. The summed E-state index contributed by atoms with van der Waals surface area (Å²) >= 11 is 0. The molecular formula is C30H34N2O3. The summed E-state index contributed by atoms with van der Waals surface area (Å²) in [6.07, 6.45) is 2.57. The second-order valence-electron chi connectivity index (χ2n) is 9.82. The van der Waals surface area contributed by atoms with Crippen LogP contribution in [0, 0.1) is 12.8 Å². The van der Waals surface area contributed by atoms with E-state index in [0.29, 0.717) is 13.2 Å². The van der Waals surface area contributed by atoms with E-state index in [2.05, 4.69) is 47.6 Å². The number of aromatic nitrogens is 1. The predicted molar refractivity (Wildman–Crippen MR) is 141 cm³/mol. The van der Waals surface area contributed by atoms with Gasteiger partial charge >= 0.3 is 0 Å². The van der Waals surface area contributed by atoms with Gasteiger partial charge in [0.2, 0.25) is 0 Å². The maximum atomic E-state index is 10.1. The molecule has 0 amide bonds. The fourth-order valence-electron chi connectivity index (χ4n) is 5.12. The van der Waals surface area contributed by atoms with E-state index in [1.807, 2.05) is 24.3 Å². The molecule has 0 aliphatic carbocycles. The van der Waals surface area contributed by atoms with Gasteiger partial charge in [0.15, 0.2) is 0 Å². The van der Waals surface area contributed by atoms with Crippen molar-refractivity contribution in [3.63, 3.8) is 0 Å². The molecule has 5 heteroatoms. The zero-order valence-electron chi connectivity index (χ0n) is 20.6. The number of ether oxygens (including phenoxy) is 1. The van der Waals surface area contributed by atoms with Crippen molar-refractivity contribution in [2.45, 2.75) is 33.2 Å². The molecule has 5 nitrogen and oxygen atoms in total. The van der Waals surface area contributed by atoms with E-state index in [9.17, 15) is 10.2 Å². The van der Waals surface area contributed by atoms with Crippen LogP contribution < -0.4 is 4.74 Å². The molecule has 3 aromatic carbocycles. The number of phenolic OH excluding ortho intramolecular Hbond substituents is 2. The number of benzene rings is 3. The minimum atomic E-state index is 0.247. The Labute approximate surface area is 207 Å². The molecular weight excluding hydrogens is 436 g/mol. The summed E-state index contributed by atoms with van der Waals surface area (Å²) in [5.74, 6) is 2.25. The molecule has 0 spiro atoms. The fraction of sp³-hybridized carbons (Fsp3) is 0.333. The zero-order valence-corrected chi connectivity index (χ0v) is 20.6. The highest BCUT2D eigenvalue weighted by Crippen LogP contribution is 2.36. The van der Waals surface area contributed by atoms with Crippen LogP contribution in [0.3, 0.4) is 0 Å². The number of aromatic hydroxyl groups is 2. The molecule has 0 bridgehead atoms. The summed E-state index contributed by atoms with van der Waals surface area (Å²) in [6.45, 7) is 9.15. The van der Waals surface area contributed by atoms with Gasteiger partial charge in [-0.3, -0.25) is 4.90 Å². The van der Waals surface area contributed by atoms with Crippen molar-refractivity contribution >= 4 is 10.9 Å². The molecule has 0 atom stereocenters. The lowest BCUT2D eigenvalue weighted by atomic mass is 9.99. The Morgan fingerprint density at radius 2 is 1.57 bits per heavy atom. The maximum absolute atomic E-state index is 10.1. The molecule has 4 aromatic rings. The molecule has 1 aromatic heterocycles. The number of hydrogen-bond acceptors (Lipinski definition) is 4. The first-order valence-electron chi connectivity index (χ1n) is 12.5. The number of nitrogens with zero attached hydrogens (tertiary/aromatic N) is 2. The number of piperidine rings is 1. The molecule has 2 N–H and O–H groups in total. The van der Waals surface area contributed by atoms with Gasteiger partial charge in [0.25, 0.3) is 0 Å². The van der Waals surface area contributed by atoms with Crippen LogP contribution in [0.2, 0.25) is 0 Å². The first-order chi connectivity index (χ1) is 17.0. The van der Waals surface area contributed by atoms with Crippen molar-refractivity contribution in [3.8, 4) is 28.5 Å². The highest BCUT2D eigenvalue weighted by molar-refractivity contribution is 5.92. The van der Waals surface area contributed by atoms with Crippen LogP contribution in [0.25, 0.3) is 22.2 Å². The summed E-state index contributed by atoms with van der Waals surface area (Å²) < 4.78 is 8.31. The quantitative estimate of drug-likeness (QED) is 0.338. The van der Waals surface area contributed by atoms with E-state index in [1.54, 1.807) is 18.2 Å². The standard InChI is InChI=1S/C30H34N2O3/c1-21-13-15-31(16-14-21)17-18-35-27-10-3-23(4-11-27)20-32-29-12-9-26(34)19-28(29)22(2)30(32)24-5-7-25(33)8-6-24/h3-12,19,21,33-34H,13-18,20H2,1-2H3. The number of likely N-dealkylation sites (tertiary alicyclic amines) is 1. The molecule has 5 rings (SSSR count). The average Bonchev–Trinajstić information content (AvgIpc) is 3.12. The minimum Gasteiger partial charge on any atom is -0.508 e. The molecule has 1 aliphatic heterocycles. The van der Waals surface area contributed by atoms with Crippen LogP contribution in [-0.4, -0.2) is 45.9 Å². The zero-order chi connectivity index (χ0) is 24.4. The molecule has 1 saturated heterocycles. The summed E-state index contributed by atoms with van der Waals surface area (Å²) in [6, 6.07) is 21.2. The van der Waals surface area contributed by atoms with Crippen molar-refractivity contribution in [1.82, 2.24) is 9.47 Å². The van der Waals surface area contributed by atoms with Gasteiger partial charge in [-0.05, 0) is 110 Å². The van der Waals surface area contributed by atoms with Crippen LogP contribution in [0.4, 0.5) is 0 Å². The summed E-state index contributed by atoms with van der Waals surface area (Å²) in [5.41, 5.74) is 5.46. The van der Waals surface area contributed by atoms with E-state index >= 15 is 0 Å². The molecule has 35 heavy (non-hydrogen) atoms. The molecule has 2 heterocycles. The molecule has 0 unspecified atom stereocenters. The smallest absolute Gasteiger partial charge is 0.119 e. The second kappa shape index (κ2) is 10.0. The van der Waals surface area contributed by atoms with Gasteiger partial charge in [0.05, 0.1) is 5.69 Å². The lowest BCUT2D eigenvalue weighted by Crippen LogP contribution is -2.35. The average molecular weight is 471 g/mol. The number of fused-ring (bicyclic) bond motifs is 1. The van der Waals surface area contributed by atoms with Gasteiger partial charge in [-0.1, -0.05) is 19.1 Å². The first-order valence-corrected chi connectivity index (χ1v) is 12.5. The van der Waals surface area contributed by atoms with Crippen molar-refractivity contribution in [3.05, 3.63) is 77.9 Å². The molecule has 0 radical (unpaired) electrons. The van der Waals surface area contributed by atoms with E-state index in [-0.39, 0.29) is 11.5 Å². The largest absolute Gasteiger partial charge is 0.508 e. The van der Waals surface area contributed by atoms with Crippen LogP contribution in [0.1, 0.15) is 30.9 Å². The number of rotatable bonds is 7. The Morgan fingerprint density at radius 1 is 0.886 bits per heavy atom. The van der Waals surface area contributed by atoms with Crippen LogP contribution in [0.15, 0.2) is 66.7 Å². The van der Waals surface area contributed by atoms with Crippen LogP contribution >= 0.6 is 0 Å². The topological polar surface area (TPSA) is 57.9 Å². The van der Waals surface area contributed by atoms with Gasteiger partial charge in [0.1, 0.15) is 23.9 Å². The van der Waals surface area contributed by atoms with Crippen molar-refractivity contribution in [2.24, 2.45) is 5.92 Å². The highest BCUT2D eigenvalue weighted by Gasteiger charge is 2.17. The Bertz CT molecular complexity index is 1280. The van der Waals surface area contributed by atoms with Crippen LogP contribution in [-0.2, 0) is 6.54 Å². The van der Waals surface area contributed by atoms with Crippen molar-refractivity contribution in [2.75, 3.05) is 26.2 Å². The minimum absolute atomic E-state index is 0.247. The third-order valence-electron chi connectivity index (χ3n) is 7.26. The van der Waals surface area contributed by atoms with Gasteiger partial charge < -0.3 is 19.5 Å². The van der Waals surface area contributed by atoms with Gasteiger partial charge in [0, 0.05) is 24.0 Å². The molecule has 182 valence electrons. The Kier molecular flexibility index (Phi) is 6.69. The van der Waals surface area contributed by atoms with Gasteiger partial charge in [-0.25, -0.2) is 0 Å². The molecule has 0 saturated carbocycles. The summed E-state index contributed by atoms with van der Waals surface area (Å²) in [4.78, 5) is 2.50. The third kappa shape index (κ3) is 5.15. The van der Waals surface area contributed by atoms with Crippen LogP contribution in [0.5, 0.6) is 17.2 Å². The van der Waals surface area contributed by atoms with Crippen molar-refractivity contribution < 1.29 is 14.9 Å². The second-order valence-corrected chi connectivity index (χ2v) is 9.82. The van der Waals surface area contributed by atoms with Crippen molar-refractivity contribution in [1.29, 1.82) is 0 Å².